The lowest BCUT2D eigenvalue weighted by atomic mass is 9.88. The summed E-state index contributed by atoms with van der Waals surface area (Å²) in [5.74, 6) is 0. The summed E-state index contributed by atoms with van der Waals surface area (Å²) in [6.45, 7) is 1.85. The number of benzene rings is 1. The summed E-state index contributed by atoms with van der Waals surface area (Å²) in [5, 5.41) is 40.1. The molecule has 1 fully saturated rings. The van der Waals surface area contributed by atoms with Crippen LogP contribution in [0.5, 0.6) is 0 Å². The lowest BCUT2D eigenvalue weighted by molar-refractivity contribution is -0.184. The van der Waals surface area contributed by atoms with Crippen LogP contribution in [0.2, 0.25) is 0 Å². The van der Waals surface area contributed by atoms with E-state index in [9.17, 15) is 20.4 Å². The van der Waals surface area contributed by atoms with Crippen molar-refractivity contribution in [1.82, 2.24) is 0 Å². The second kappa shape index (κ2) is 18.3. The van der Waals surface area contributed by atoms with Crippen molar-refractivity contribution in [1.29, 1.82) is 0 Å². The minimum Gasteiger partial charge on any atom is -0.394 e. The monoisotopic (exact) mass is 491 g/mol. The van der Waals surface area contributed by atoms with Crippen LogP contribution in [0.4, 0.5) is 0 Å². The zero-order chi connectivity index (χ0) is 25.3. The molecule has 5 nitrogen and oxygen atoms in total. The molecule has 0 spiro atoms. The standard InChI is InChI=1S/C30H51O5/c1-2-3-4-5-6-7-8-9-10-11-12-13-14-15-16-17-20-24-21-18-19-22-25(24)30-29(34)28(33)27(32)26(23-31)35-30/h18-19,21-22,26-29,31-34H,2-17,20,23H2,1H3/t26-,27+,28+,29-/m1/s1. The molecule has 0 amide bonds. The van der Waals surface area contributed by atoms with Gasteiger partial charge in [-0.15, -0.1) is 0 Å². The highest BCUT2D eigenvalue weighted by Crippen LogP contribution is 2.33. The lowest BCUT2D eigenvalue weighted by Crippen LogP contribution is -2.55. The summed E-state index contributed by atoms with van der Waals surface area (Å²) >= 11 is 0. The Kier molecular flexibility index (Phi) is 15.8. The number of ether oxygens (including phenoxy) is 1. The maximum Gasteiger partial charge on any atom is 0.158 e. The Labute approximate surface area is 213 Å². The molecule has 1 aromatic rings. The van der Waals surface area contributed by atoms with Crippen LogP contribution in [0.3, 0.4) is 0 Å². The third-order valence-electron chi connectivity index (χ3n) is 7.36. The summed E-state index contributed by atoms with van der Waals surface area (Å²) in [6.07, 6.45) is 17.6. The van der Waals surface area contributed by atoms with Gasteiger partial charge in [-0.05, 0) is 24.0 Å². The van der Waals surface area contributed by atoms with Crippen LogP contribution < -0.4 is 0 Å². The Morgan fingerprint density at radius 1 is 0.657 bits per heavy atom. The van der Waals surface area contributed by atoms with Crippen molar-refractivity contribution in [3.05, 3.63) is 41.5 Å². The van der Waals surface area contributed by atoms with Gasteiger partial charge in [0.2, 0.25) is 0 Å². The van der Waals surface area contributed by atoms with Gasteiger partial charge in [0, 0.05) is 0 Å². The molecule has 0 saturated carbocycles. The van der Waals surface area contributed by atoms with E-state index in [4.69, 9.17) is 4.74 Å². The average Bonchev–Trinajstić information content (AvgIpc) is 2.87. The minimum atomic E-state index is -1.38. The normalized spacial score (nSPS) is 23.1. The van der Waals surface area contributed by atoms with Crippen molar-refractivity contribution in [2.75, 3.05) is 6.61 Å². The van der Waals surface area contributed by atoms with Gasteiger partial charge in [-0.25, -0.2) is 0 Å². The number of aryl methyl sites for hydroxylation is 1. The van der Waals surface area contributed by atoms with Crippen molar-refractivity contribution in [2.24, 2.45) is 0 Å². The van der Waals surface area contributed by atoms with Gasteiger partial charge < -0.3 is 25.2 Å². The van der Waals surface area contributed by atoms with Gasteiger partial charge in [-0.1, -0.05) is 128 Å². The van der Waals surface area contributed by atoms with Gasteiger partial charge in [0.15, 0.2) is 6.10 Å². The van der Waals surface area contributed by atoms with Gasteiger partial charge in [0.1, 0.15) is 24.4 Å². The van der Waals surface area contributed by atoms with E-state index in [1.165, 1.54) is 96.3 Å². The zero-order valence-corrected chi connectivity index (χ0v) is 22.0. The molecular weight excluding hydrogens is 440 g/mol. The molecule has 0 aromatic heterocycles. The van der Waals surface area contributed by atoms with Crippen LogP contribution in [-0.2, 0) is 11.2 Å². The number of unbranched alkanes of at least 4 members (excludes halogenated alkanes) is 15. The van der Waals surface area contributed by atoms with Crippen LogP contribution in [0.15, 0.2) is 24.3 Å². The Balaban J connectivity index is 1.56. The topological polar surface area (TPSA) is 90.2 Å². The van der Waals surface area contributed by atoms with Crippen LogP contribution >= 0.6 is 0 Å². The van der Waals surface area contributed by atoms with Crippen molar-refractivity contribution >= 4 is 0 Å². The van der Waals surface area contributed by atoms with Gasteiger partial charge >= 0.3 is 0 Å². The summed E-state index contributed by atoms with van der Waals surface area (Å²) in [7, 11) is 0. The second-order valence-corrected chi connectivity index (χ2v) is 10.3. The molecule has 1 heterocycles. The molecule has 0 bridgehead atoms. The van der Waals surface area contributed by atoms with Gasteiger partial charge in [0.25, 0.3) is 0 Å². The first-order chi connectivity index (χ1) is 17.1. The maximum absolute atomic E-state index is 10.5. The fourth-order valence-corrected chi connectivity index (χ4v) is 5.07. The summed E-state index contributed by atoms with van der Waals surface area (Å²) in [4.78, 5) is 0. The number of hydrogen-bond acceptors (Lipinski definition) is 5. The van der Waals surface area contributed by atoms with Crippen LogP contribution in [0, 0.1) is 6.10 Å². The molecule has 1 radical (unpaired) electrons. The zero-order valence-electron chi connectivity index (χ0n) is 22.0. The molecule has 4 N–H and O–H groups in total. The third kappa shape index (κ3) is 10.9. The fraction of sp³-hybridized carbons (Fsp3) is 0.767. The van der Waals surface area contributed by atoms with Crippen molar-refractivity contribution < 1.29 is 25.2 Å². The van der Waals surface area contributed by atoms with Crippen molar-refractivity contribution in [3.8, 4) is 0 Å². The first-order valence-electron chi connectivity index (χ1n) is 14.4. The quantitative estimate of drug-likeness (QED) is 0.182. The number of hydrogen-bond donors (Lipinski definition) is 4. The molecular formula is C30H51O5. The predicted octanol–water partition coefficient (Wildman–Crippen LogP) is 5.84. The molecule has 1 aliphatic rings. The predicted molar refractivity (Wildman–Crippen MR) is 142 cm³/mol. The average molecular weight is 492 g/mol. The van der Waals surface area contributed by atoms with E-state index in [1.54, 1.807) is 0 Å². The molecule has 4 atom stereocenters. The highest BCUT2D eigenvalue weighted by Gasteiger charge is 2.45. The molecule has 1 saturated heterocycles. The third-order valence-corrected chi connectivity index (χ3v) is 7.36. The first-order valence-corrected chi connectivity index (χ1v) is 14.4. The molecule has 0 aliphatic carbocycles. The first kappa shape index (κ1) is 30.2. The van der Waals surface area contributed by atoms with Crippen molar-refractivity contribution in [3.63, 3.8) is 0 Å². The summed E-state index contributed by atoms with van der Waals surface area (Å²) in [6, 6.07) is 7.74. The van der Waals surface area contributed by atoms with Gasteiger partial charge in [-0.3, -0.25) is 0 Å². The Morgan fingerprint density at radius 3 is 1.66 bits per heavy atom. The number of aliphatic hydroxyl groups is 4. The van der Waals surface area contributed by atoms with E-state index in [2.05, 4.69) is 6.92 Å². The van der Waals surface area contributed by atoms with Crippen LogP contribution in [0.1, 0.15) is 121 Å². The Hall–Kier alpha value is -0.980. The fourth-order valence-electron chi connectivity index (χ4n) is 5.07. The molecule has 0 unspecified atom stereocenters. The summed E-state index contributed by atoms with van der Waals surface area (Å²) < 4.78 is 5.70. The minimum absolute atomic E-state index is 0.244. The van der Waals surface area contributed by atoms with E-state index < -0.39 is 31.0 Å². The highest BCUT2D eigenvalue weighted by molar-refractivity contribution is 5.39. The molecule has 35 heavy (non-hydrogen) atoms. The summed E-state index contributed by atoms with van der Waals surface area (Å²) in [5.41, 5.74) is 1.82. The number of aliphatic hydroxyl groups excluding tert-OH is 4. The maximum atomic E-state index is 10.5. The van der Waals surface area contributed by atoms with Crippen molar-refractivity contribution in [2.45, 2.75) is 140 Å². The highest BCUT2D eigenvalue weighted by atomic mass is 16.5. The van der Waals surface area contributed by atoms with E-state index in [-0.39, 0.29) is 6.10 Å². The van der Waals surface area contributed by atoms with E-state index >= 15 is 0 Å². The smallest absolute Gasteiger partial charge is 0.158 e. The lowest BCUT2D eigenvalue weighted by Gasteiger charge is -2.40. The molecule has 1 aliphatic heterocycles. The van der Waals surface area contributed by atoms with E-state index in [0.29, 0.717) is 0 Å². The van der Waals surface area contributed by atoms with E-state index in [0.717, 1.165) is 24.0 Å². The second-order valence-electron chi connectivity index (χ2n) is 10.3. The van der Waals surface area contributed by atoms with Gasteiger partial charge in [-0.2, -0.15) is 0 Å². The largest absolute Gasteiger partial charge is 0.394 e. The molecule has 2 rings (SSSR count). The Bertz CT molecular complexity index is 649. The SMILES string of the molecule is CCCCCCCCCCCCCCCCCCc1ccccc1[C]1O[C@H](CO)[C@H](O)[C@H](O)[C@H]1O. The molecule has 1 aromatic carbocycles. The van der Waals surface area contributed by atoms with Crippen LogP contribution in [0.25, 0.3) is 0 Å². The Morgan fingerprint density at radius 2 is 1.14 bits per heavy atom. The van der Waals surface area contributed by atoms with E-state index in [1.807, 2.05) is 24.3 Å². The van der Waals surface area contributed by atoms with Crippen LogP contribution in [-0.4, -0.2) is 51.4 Å². The van der Waals surface area contributed by atoms with Gasteiger partial charge in [0.05, 0.1) is 6.61 Å². The number of rotatable bonds is 19. The molecule has 5 heteroatoms. The molecule has 201 valence electrons.